The second-order valence-electron chi connectivity index (χ2n) is 3.99. The monoisotopic (exact) mass is 237 g/mol. The first kappa shape index (κ1) is 13.7. The average molecular weight is 237 g/mol. The summed E-state index contributed by atoms with van der Waals surface area (Å²) in [5.41, 5.74) is 3.93. The number of hydrogen-bond acceptors (Lipinski definition) is 4. The fraction of sp³-hybridized carbons (Fsp3) is 0.462. The molecule has 17 heavy (non-hydrogen) atoms. The molecule has 0 bridgehead atoms. The number of hydrogen-bond donors (Lipinski definition) is 1. The first-order valence-electron chi connectivity index (χ1n) is 5.64. The van der Waals surface area contributed by atoms with Crippen molar-refractivity contribution in [3.8, 4) is 0 Å². The van der Waals surface area contributed by atoms with E-state index in [2.05, 4.69) is 10.2 Å². The fourth-order valence-electron chi connectivity index (χ4n) is 1.32. The van der Waals surface area contributed by atoms with Gasteiger partial charge in [-0.3, -0.25) is 9.63 Å². The summed E-state index contributed by atoms with van der Waals surface area (Å²) in [7, 11) is 1.39. The summed E-state index contributed by atoms with van der Waals surface area (Å²) < 4.78 is 4.66. The summed E-state index contributed by atoms with van der Waals surface area (Å²) in [6.45, 7) is 4.15. The number of benzene rings is 1. The quantitative estimate of drug-likeness (QED) is 0.606. The Morgan fingerprint density at radius 3 is 2.53 bits per heavy atom. The molecule has 0 aliphatic heterocycles. The van der Waals surface area contributed by atoms with Crippen molar-refractivity contribution in [1.29, 1.82) is 0 Å². The molecule has 0 amide bonds. The molecule has 0 aromatic heterocycles. The molecule has 0 aliphatic rings. The van der Waals surface area contributed by atoms with Crippen LogP contribution in [0.15, 0.2) is 30.3 Å². The van der Waals surface area contributed by atoms with Crippen LogP contribution in [0, 0.1) is 5.92 Å². The third-order valence-corrected chi connectivity index (χ3v) is 2.67. The summed E-state index contributed by atoms with van der Waals surface area (Å²) in [6.07, 6.45) is 0. The van der Waals surface area contributed by atoms with Crippen molar-refractivity contribution in [3.63, 3.8) is 0 Å². The van der Waals surface area contributed by atoms with Gasteiger partial charge in [-0.15, -0.1) is 0 Å². The zero-order valence-electron chi connectivity index (χ0n) is 10.5. The van der Waals surface area contributed by atoms with Gasteiger partial charge in [-0.05, 0) is 12.5 Å². The van der Waals surface area contributed by atoms with Crippen molar-refractivity contribution in [3.05, 3.63) is 35.9 Å². The van der Waals surface area contributed by atoms with Crippen LogP contribution in [0.4, 0.5) is 0 Å². The predicted molar refractivity (Wildman–Crippen MR) is 65.0 cm³/mol. The second-order valence-corrected chi connectivity index (χ2v) is 3.99. The van der Waals surface area contributed by atoms with Gasteiger partial charge in [0.2, 0.25) is 0 Å². The molecule has 0 fully saturated rings. The van der Waals surface area contributed by atoms with E-state index in [0.717, 1.165) is 5.56 Å². The van der Waals surface area contributed by atoms with Crippen LogP contribution >= 0.6 is 0 Å². The molecule has 4 heteroatoms. The lowest BCUT2D eigenvalue weighted by Gasteiger charge is -2.18. The third kappa shape index (κ3) is 4.54. The van der Waals surface area contributed by atoms with Gasteiger partial charge in [0.05, 0.1) is 19.6 Å². The van der Waals surface area contributed by atoms with Crippen LogP contribution in [0.5, 0.6) is 0 Å². The van der Waals surface area contributed by atoms with E-state index in [9.17, 15) is 4.79 Å². The topological polar surface area (TPSA) is 47.6 Å². The maximum atomic E-state index is 11.3. The molecule has 4 nitrogen and oxygen atoms in total. The van der Waals surface area contributed by atoms with Gasteiger partial charge in [-0.25, -0.2) is 0 Å². The molecule has 94 valence electrons. The second kappa shape index (κ2) is 7.04. The number of carbonyl (C=O) groups is 1. The fourth-order valence-corrected chi connectivity index (χ4v) is 1.32. The van der Waals surface area contributed by atoms with E-state index >= 15 is 0 Å². The van der Waals surface area contributed by atoms with Gasteiger partial charge in [0.25, 0.3) is 0 Å². The molecule has 1 aromatic carbocycles. The minimum Gasteiger partial charge on any atom is -0.469 e. The Hall–Kier alpha value is -1.39. The Morgan fingerprint density at radius 2 is 1.94 bits per heavy atom. The van der Waals surface area contributed by atoms with Crippen molar-refractivity contribution < 1.29 is 14.4 Å². The van der Waals surface area contributed by atoms with Crippen molar-refractivity contribution in [2.75, 3.05) is 7.11 Å². The van der Waals surface area contributed by atoms with Gasteiger partial charge in [0.15, 0.2) is 0 Å². The minimum atomic E-state index is -0.242. The van der Waals surface area contributed by atoms with Crippen molar-refractivity contribution in [2.45, 2.75) is 26.5 Å². The van der Waals surface area contributed by atoms with E-state index in [1.807, 2.05) is 37.3 Å². The average Bonchev–Trinajstić information content (AvgIpc) is 2.38. The molecule has 0 aliphatic carbocycles. The zero-order chi connectivity index (χ0) is 12.7. The Labute approximate surface area is 102 Å². The molecular weight excluding hydrogens is 218 g/mol. The van der Waals surface area contributed by atoms with Gasteiger partial charge in [-0.1, -0.05) is 37.3 Å². The van der Waals surface area contributed by atoms with Crippen molar-refractivity contribution in [1.82, 2.24) is 5.48 Å². The van der Waals surface area contributed by atoms with Crippen LogP contribution in [0.3, 0.4) is 0 Å². The number of nitrogens with one attached hydrogen (secondary N) is 1. The van der Waals surface area contributed by atoms with Crippen LogP contribution in [-0.2, 0) is 21.0 Å². The number of hydroxylamine groups is 1. The SMILES string of the molecule is COC(=O)C(C)C(C)NOCc1ccccc1. The molecule has 1 N–H and O–H groups in total. The molecule has 0 spiro atoms. The van der Waals surface area contributed by atoms with E-state index in [0.29, 0.717) is 6.61 Å². The highest BCUT2D eigenvalue weighted by Gasteiger charge is 2.20. The standard InChI is InChI=1S/C13H19NO3/c1-10(13(15)16-3)11(2)14-17-9-12-7-5-4-6-8-12/h4-8,10-11,14H,9H2,1-3H3. The number of ether oxygens (including phenoxy) is 1. The smallest absolute Gasteiger partial charge is 0.310 e. The Kier molecular flexibility index (Phi) is 5.66. The van der Waals surface area contributed by atoms with Gasteiger partial charge in [0.1, 0.15) is 0 Å². The zero-order valence-corrected chi connectivity index (χ0v) is 10.5. The van der Waals surface area contributed by atoms with Crippen LogP contribution < -0.4 is 5.48 Å². The molecule has 2 atom stereocenters. The highest BCUT2D eigenvalue weighted by molar-refractivity contribution is 5.72. The van der Waals surface area contributed by atoms with Crippen LogP contribution in [-0.4, -0.2) is 19.1 Å². The lowest BCUT2D eigenvalue weighted by atomic mass is 10.1. The summed E-state index contributed by atoms with van der Waals surface area (Å²) in [5.74, 6) is -0.482. The first-order chi connectivity index (χ1) is 8.15. The molecule has 1 aromatic rings. The predicted octanol–water partition coefficient (Wildman–Crippen LogP) is 1.91. The van der Waals surface area contributed by atoms with Gasteiger partial charge in [0, 0.05) is 6.04 Å². The third-order valence-electron chi connectivity index (χ3n) is 2.67. The van der Waals surface area contributed by atoms with Crippen LogP contribution in [0.25, 0.3) is 0 Å². The van der Waals surface area contributed by atoms with E-state index in [1.165, 1.54) is 7.11 Å². The molecule has 0 saturated carbocycles. The summed E-state index contributed by atoms with van der Waals surface area (Å²) in [5, 5.41) is 0. The molecule has 2 unspecified atom stereocenters. The Bertz CT molecular complexity index is 340. The van der Waals surface area contributed by atoms with Gasteiger partial charge in [-0.2, -0.15) is 5.48 Å². The van der Waals surface area contributed by atoms with Crippen LogP contribution in [0.2, 0.25) is 0 Å². The maximum Gasteiger partial charge on any atom is 0.310 e. The molecular formula is C13H19NO3. The highest BCUT2D eigenvalue weighted by Crippen LogP contribution is 2.05. The minimum absolute atomic E-state index is 0.0915. The Morgan fingerprint density at radius 1 is 1.29 bits per heavy atom. The lowest BCUT2D eigenvalue weighted by molar-refractivity contribution is -0.147. The number of carbonyl (C=O) groups excluding carboxylic acids is 1. The van der Waals surface area contributed by atoms with Gasteiger partial charge < -0.3 is 4.74 Å². The lowest BCUT2D eigenvalue weighted by Crippen LogP contribution is -2.36. The summed E-state index contributed by atoms with van der Waals surface area (Å²) >= 11 is 0. The van der Waals surface area contributed by atoms with E-state index in [4.69, 9.17) is 4.84 Å². The first-order valence-corrected chi connectivity index (χ1v) is 5.64. The van der Waals surface area contributed by atoms with Crippen molar-refractivity contribution >= 4 is 5.97 Å². The number of esters is 1. The van der Waals surface area contributed by atoms with Crippen molar-refractivity contribution in [2.24, 2.45) is 5.92 Å². The number of methoxy groups -OCH3 is 1. The van der Waals surface area contributed by atoms with E-state index in [-0.39, 0.29) is 17.9 Å². The van der Waals surface area contributed by atoms with E-state index < -0.39 is 0 Å². The highest BCUT2D eigenvalue weighted by atomic mass is 16.6. The molecule has 0 radical (unpaired) electrons. The molecule has 1 rings (SSSR count). The van der Waals surface area contributed by atoms with Crippen LogP contribution in [0.1, 0.15) is 19.4 Å². The molecule has 0 saturated heterocycles. The summed E-state index contributed by atoms with van der Waals surface area (Å²) in [6, 6.07) is 9.75. The molecule has 0 heterocycles. The Balaban J connectivity index is 2.29. The number of rotatable bonds is 6. The van der Waals surface area contributed by atoms with Gasteiger partial charge >= 0.3 is 5.97 Å². The maximum absolute atomic E-state index is 11.3. The summed E-state index contributed by atoms with van der Waals surface area (Å²) in [4.78, 5) is 16.6. The largest absolute Gasteiger partial charge is 0.469 e. The van der Waals surface area contributed by atoms with E-state index in [1.54, 1.807) is 6.92 Å². The normalized spacial score (nSPS) is 14.1.